The van der Waals surface area contributed by atoms with Crippen LogP contribution in [-0.2, 0) is 54.3 Å². The number of carbonyl (C=O) groups excluding carboxylic acids is 8. The molecular formula is C46H72N6O12. The number of hydrogen-bond acceptors (Lipinski definition) is 13. The van der Waals surface area contributed by atoms with Gasteiger partial charge in [0.1, 0.15) is 36.0 Å². The number of aliphatic hydroxyl groups excluding tert-OH is 1. The molecule has 0 spiro atoms. The Labute approximate surface area is 377 Å². The van der Waals surface area contributed by atoms with Gasteiger partial charge in [-0.15, -0.1) is 0 Å². The first-order chi connectivity index (χ1) is 30.1. The van der Waals surface area contributed by atoms with E-state index >= 15 is 0 Å². The zero-order valence-electron chi connectivity index (χ0n) is 39.6. The van der Waals surface area contributed by atoms with E-state index in [1.165, 1.54) is 37.8 Å². The smallest absolute Gasteiger partial charge is 0.329 e. The van der Waals surface area contributed by atoms with Gasteiger partial charge in [-0.25, -0.2) is 4.79 Å². The van der Waals surface area contributed by atoms with Gasteiger partial charge in [-0.1, -0.05) is 60.1 Å². The van der Waals surface area contributed by atoms with Crippen molar-refractivity contribution >= 4 is 47.3 Å². The van der Waals surface area contributed by atoms with Crippen LogP contribution in [0.5, 0.6) is 5.75 Å². The highest BCUT2D eigenvalue weighted by Gasteiger charge is 2.44. The van der Waals surface area contributed by atoms with E-state index in [0.29, 0.717) is 24.2 Å². The van der Waals surface area contributed by atoms with Crippen molar-refractivity contribution in [2.45, 2.75) is 155 Å². The number of carbonyl (C=O) groups is 8. The molecule has 2 heterocycles. The van der Waals surface area contributed by atoms with Crippen molar-refractivity contribution in [1.29, 1.82) is 0 Å². The molecule has 0 radical (unpaired) electrons. The average molecular weight is 901 g/mol. The number of fused-ring (bicyclic) bond motifs is 1. The van der Waals surface area contributed by atoms with Gasteiger partial charge in [-0.3, -0.25) is 33.6 Å². The van der Waals surface area contributed by atoms with E-state index in [4.69, 9.17) is 14.2 Å². The molecule has 2 aliphatic heterocycles. The first kappa shape index (κ1) is 53.2. The van der Waals surface area contributed by atoms with Crippen LogP contribution in [0.25, 0.3) is 0 Å². The fraction of sp³-hybridized carbons (Fsp3) is 0.696. The second-order valence-electron chi connectivity index (χ2n) is 18.0. The number of ketones is 1. The molecule has 1 aromatic carbocycles. The number of aliphatic hydroxyl groups is 1. The lowest BCUT2D eigenvalue weighted by molar-refractivity contribution is -0.163. The zero-order valence-corrected chi connectivity index (χ0v) is 39.6. The Balaban J connectivity index is 2.21. The number of methoxy groups -OCH3 is 1. The van der Waals surface area contributed by atoms with E-state index in [2.05, 4.69) is 21.3 Å². The molecule has 2 aliphatic rings. The van der Waals surface area contributed by atoms with Gasteiger partial charge in [-0.05, 0) is 82.5 Å². The van der Waals surface area contributed by atoms with Gasteiger partial charge in [0.2, 0.25) is 29.5 Å². The summed E-state index contributed by atoms with van der Waals surface area (Å²) in [6.07, 6.45) is -3.68. The Morgan fingerprint density at radius 3 is 2.14 bits per heavy atom. The number of ether oxygens (including phenoxy) is 3. The average Bonchev–Trinajstić information content (AvgIpc) is 3.75. The highest BCUT2D eigenvalue weighted by molar-refractivity contribution is 6.05. The molecule has 0 saturated carbocycles. The minimum absolute atomic E-state index is 0.0494. The highest BCUT2D eigenvalue weighted by atomic mass is 16.6. The number of nitrogens with one attached hydrogen (secondary N) is 4. The Morgan fingerprint density at radius 1 is 0.938 bits per heavy atom. The van der Waals surface area contributed by atoms with Crippen molar-refractivity contribution < 1.29 is 57.7 Å². The number of Topliss-reactive ketones (excluding diaryl/α,β-unsaturated/α-hetero) is 1. The highest BCUT2D eigenvalue weighted by Crippen LogP contribution is 2.26. The molecule has 2 saturated heterocycles. The van der Waals surface area contributed by atoms with E-state index in [-0.39, 0.29) is 31.7 Å². The number of likely N-dealkylation sites (N-methyl/N-ethyl adjacent to an activating group) is 2. The largest absolute Gasteiger partial charge is 0.497 e. The van der Waals surface area contributed by atoms with Crippen LogP contribution in [-0.4, -0.2) is 144 Å². The predicted molar refractivity (Wildman–Crippen MR) is 236 cm³/mol. The molecule has 358 valence electrons. The van der Waals surface area contributed by atoms with Crippen LogP contribution < -0.4 is 26.0 Å². The number of esters is 2. The predicted octanol–water partition coefficient (Wildman–Crippen LogP) is 1.68. The monoisotopic (exact) mass is 901 g/mol. The summed E-state index contributed by atoms with van der Waals surface area (Å²) < 4.78 is 16.9. The Bertz CT molecular complexity index is 1810. The second-order valence-corrected chi connectivity index (χ2v) is 18.0. The molecule has 1 aromatic rings. The van der Waals surface area contributed by atoms with E-state index in [9.17, 15) is 43.5 Å². The van der Waals surface area contributed by atoms with Crippen LogP contribution in [0.4, 0.5) is 0 Å². The molecule has 18 nitrogen and oxygen atoms in total. The molecule has 2 fully saturated rings. The molecule has 64 heavy (non-hydrogen) atoms. The van der Waals surface area contributed by atoms with Crippen molar-refractivity contribution in [1.82, 2.24) is 31.1 Å². The van der Waals surface area contributed by atoms with Gasteiger partial charge in [0.05, 0.1) is 37.6 Å². The lowest BCUT2D eigenvalue weighted by Crippen LogP contribution is -2.61. The number of nitrogens with zero attached hydrogens (tertiary/aromatic N) is 2. The number of hydrogen-bond donors (Lipinski definition) is 5. The van der Waals surface area contributed by atoms with Crippen molar-refractivity contribution in [2.24, 2.45) is 23.7 Å². The zero-order chi connectivity index (χ0) is 48.2. The van der Waals surface area contributed by atoms with Crippen LogP contribution in [0.1, 0.15) is 100.0 Å². The van der Waals surface area contributed by atoms with Gasteiger partial charge in [0, 0.05) is 20.0 Å². The summed E-state index contributed by atoms with van der Waals surface area (Å²) in [4.78, 5) is 115. The van der Waals surface area contributed by atoms with Crippen LogP contribution in [0.15, 0.2) is 24.3 Å². The standard InChI is InChI=1S/C46H72N6O12/c1-13-26(6)37-35(53)23-36(54)64-40(25(4)5)39(55)27(7)41(56)48-32(21-24(2)3)44(59)52-20-14-15-33(52)45(60)51(11)34(22-30-16-18-31(62-12)19-17-30)46(61)63-29(9)38(43(58)49-37)50-42(57)28(8)47-10/h16-19,24-29,32-35,37-38,40,47,53H,13-15,20-23H2,1-12H3,(H,48,56)(H,49,58)(H,50,57)/t26-,27-,28+,29+,32-,33-,34-,35-,37+,38?,40-/m0/s1. The maximum atomic E-state index is 14.6. The second kappa shape index (κ2) is 24.3. The van der Waals surface area contributed by atoms with Gasteiger partial charge in [-0.2, -0.15) is 0 Å². The molecule has 5 N–H and O–H groups in total. The summed E-state index contributed by atoms with van der Waals surface area (Å²) >= 11 is 0. The van der Waals surface area contributed by atoms with Crippen molar-refractivity contribution in [3.05, 3.63) is 29.8 Å². The number of benzene rings is 1. The molecule has 0 aromatic heterocycles. The Kier molecular flexibility index (Phi) is 20.2. The summed E-state index contributed by atoms with van der Waals surface area (Å²) in [6.45, 7) is 15.1. The first-order valence-corrected chi connectivity index (χ1v) is 22.5. The molecule has 0 bridgehead atoms. The quantitative estimate of drug-likeness (QED) is 0.157. The van der Waals surface area contributed by atoms with Crippen molar-refractivity contribution in [2.75, 3.05) is 27.7 Å². The number of cyclic esters (lactones) is 2. The van der Waals surface area contributed by atoms with Crippen LogP contribution in [0.3, 0.4) is 0 Å². The van der Waals surface area contributed by atoms with Crippen molar-refractivity contribution in [3.63, 3.8) is 0 Å². The molecule has 1 unspecified atom stereocenters. The van der Waals surface area contributed by atoms with E-state index in [1.807, 2.05) is 20.8 Å². The molecule has 3 rings (SSSR count). The van der Waals surface area contributed by atoms with Gasteiger partial charge < -0.3 is 50.4 Å². The van der Waals surface area contributed by atoms with Gasteiger partial charge in [0.15, 0.2) is 11.9 Å². The topological polar surface area (TPSA) is 239 Å². The minimum atomic E-state index is -1.55. The Hall–Kier alpha value is -5.10. The summed E-state index contributed by atoms with van der Waals surface area (Å²) in [7, 11) is 4.49. The van der Waals surface area contributed by atoms with E-state index in [0.717, 1.165) is 0 Å². The molecule has 0 aliphatic carbocycles. The lowest BCUT2D eigenvalue weighted by Gasteiger charge is -2.35. The summed E-state index contributed by atoms with van der Waals surface area (Å²) in [5.41, 5.74) is 0.629. The molecule has 5 amide bonds. The van der Waals surface area contributed by atoms with Crippen molar-refractivity contribution in [3.8, 4) is 5.75 Å². The number of amides is 5. The SMILES string of the molecule is CC[C@H](C)[C@H]1NC(=O)C(NC(=O)[C@@H](C)NC)[C@@H](C)OC(=O)[C@H](Cc2ccc(OC)cc2)N(C)C(=O)[C@@H]2CCCN2C(=O)[C@H](CC(C)C)NC(=O)[C@@H](C)C(=O)[C@H](C(C)C)OC(=O)C[C@@H]1O. The van der Waals surface area contributed by atoms with E-state index < -0.39 is 126 Å². The van der Waals surface area contributed by atoms with Gasteiger partial charge in [0.25, 0.3) is 0 Å². The third-order valence-corrected chi connectivity index (χ3v) is 12.3. The molecule has 18 heteroatoms. The van der Waals surface area contributed by atoms with E-state index in [1.54, 1.807) is 59.0 Å². The number of rotatable bonds is 11. The summed E-state index contributed by atoms with van der Waals surface area (Å²) in [6, 6.07) is -0.0137. The fourth-order valence-electron chi connectivity index (χ4n) is 7.88. The maximum Gasteiger partial charge on any atom is 0.329 e. The van der Waals surface area contributed by atoms with Crippen LogP contribution >= 0.6 is 0 Å². The normalized spacial score (nSPS) is 28.5. The molecule has 11 atom stereocenters. The summed E-state index contributed by atoms with van der Waals surface area (Å²) in [5, 5.41) is 22.5. The minimum Gasteiger partial charge on any atom is -0.497 e. The van der Waals surface area contributed by atoms with Gasteiger partial charge >= 0.3 is 11.9 Å². The fourth-order valence-corrected chi connectivity index (χ4v) is 7.88. The summed E-state index contributed by atoms with van der Waals surface area (Å²) in [5.74, 6) is -7.86. The Morgan fingerprint density at radius 2 is 1.58 bits per heavy atom. The first-order valence-electron chi connectivity index (χ1n) is 22.5. The third kappa shape index (κ3) is 13.9. The van der Waals surface area contributed by atoms with Crippen LogP contribution in [0.2, 0.25) is 0 Å². The lowest BCUT2D eigenvalue weighted by atomic mass is 9.91. The molecular weight excluding hydrogens is 829 g/mol. The maximum absolute atomic E-state index is 14.6. The van der Waals surface area contributed by atoms with Crippen LogP contribution in [0, 0.1) is 23.7 Å². The third-order valence-electron chi connectivity index (χ3n) is 12.3.